The van der Waals surface area contributed by atoms with Crippen LogP contribution in [-0.2, 0) is 27.1 Å². The summed E-state index contributed by atoms with van der Waals surface area (Å²) in [5.41, 5.74) is -0.263. The number of pyridine rings is 1. The summed E-state index contributed by atoms with van der Waals surface area (Å²) in [6.45, 7) is -0.394. The van der Waals surface area contributed by atoms with Crippen molar-refractivity contribution in [3.05, 3.63) is 98.7 Å². The normalized spacial score (nSPS) is 19.9. The predicted octanol–water partition coefficient (Wildman–Crippen LogP) is 4.46. The van der Waals surface area contributed by atoms with Crippen molar-refractivity contribution in [2.45, 2.75) is 28.9 Å². The van der Waals surface area contributed by atoms with Crippen molar-refractivity contribution >= 4 is 52.2 Å². The summed E-state index contributed by atoms with van der Waals surface area (Å²) in [4.78, 5) is 58.5. The van der Waals surface area contributed by atoms with Gasteiger partial charge in [0.05, 0.1) is 22.2 Å². The van der Waals surface area contributed by atoms with Crippen LogP contribution in [0.2, 0.25) is 0 Å². The summed E-state index contributed by atoms with van der Waals surface area (Å²) in [5, 5.41) is 11.4. The Morgan fingerprint density at radius 2 is 1.79 bits per heavy atom. The van der Waals surface area contributed by atoms with E-state index in [2.05, 4.69) is 10.3 Å². The van der Waals surface area contributed by atoms with Crippen molar-refractivity contribution in [2.24, 2.45) is 5.92 Å². The quantitative estimate of drug-likeness (QED) is 0.252. The molecule has 0 saturated carbocycles. The molecule has 3 amide bonds. The van der Waals surface area contributed by atoms with Crippen molar-refractivity contribution in [1.29, 1.82) is 0 Å². The van der Waals surface area contributed by atoms with Crippen molar-refractivity contribution in [3.63, 3.8) is 0 Å². The monoisotopic (exact) mass is 612 g/mol. The second-order valence-corrected chi connectivity index (χ2v) is 11.7. The SMILES string of the molecule is O=C(Cn1c2c(sc1=O)[C@@H](c1cccnc1)[C@@H]1C(=O)N(c3cccc(C(F)(F)F)c3)C(=O)[C@@H]1S2)Nc1ccc(O)cc1. The van der Waals surface area contributed by atoms with Gasteiger partial charge in [-0.2, -0.15) is 13.2 Å². The number of carbonyl (C=O) groups is 3. The molecule has 4 heterocycles. The van der Waals surface area contributed by atoms with Crippen LogP contribution < -0.4 is 15.1 Å². The molecule has 0 bridgehead atoms. The molecule has 2 N–H and O–H groups in total. The molecule has 214 valence electrons. The first-order chi connectivity index (χ1) is 20.0. The standard InChI is InChI=1S/C28H19F3N4O5S2/c29-28(30,31)15-4-1-5-17(11-15)35-24(38)21-20(14-3-2-10-32-12-14)23-26(41-22(21)25(35)39)34(27(40)42-23)13-19(37)33-16-6-8-18(36)9-7-16/h1-12,20-22,36H,13H2,(H,33,37)/t20-,21-,22+/m0/s1. The number of nitrogens with one attached hydrogen (secondary N) is 1. The zero-order valence-corrected chi connectivity index (χ0v) is 22.9. The molecule has 14 heteroatoms. The molecule has 6 rings (SSSR count). The molecule has 1 saturated heterocycles. The van der Waals surface area contributed by atoms with Gasteiger partial charge in [-0.3, -0.25) is 28.7 Å². The number of anilines is 2. The van der Waals surface area contributed by atoms with Gasteiger partial charge in [-0.05, 0) is 54.1 Å². The largest absolute Gasteiger partial charge is 0.508 e. The zero-order chi connectivity index (χ0) is 29.8. The van der Waals surface area contributed by atoms with Crippen LogP contribution in [0.1, 0.15) is 21.9 Å². The van der Waals surface area contributed by atoms with E-state index in [1.807, 2.05) is 0 Å². The van der Waals surface area contributed by atoms with E-state index in [1.54, 1.807) is 12.1 Å². The number of halogens is 3. The highest BCUT2D eigenvalue weighted by Gasteiger charge is 2.57. The topological polar surface area (TPSA) is 122 Å². The third-order valence-corrected chi connectivity index (χ3v) is 9.58. The number of hydrogen-bond acceptors (Lipinski definition) is 8. The highest BCUT2D eigenvalue weighted by Crippen LogP contribution is 2.54. The molecule has 0 radical (unpaired) electrons. The first kappa shape index (κ1) is 27.7. The minimum atomic E-state index is -4.68. The van der Waals surface area contributed by atoms with Crippen molar-refractivity contribution in [2.75, 3.05) is 10.2 Å². The molecule has 0 aliphatic carbocycles. The lowest BCUT2D eigenvalue weighted by Crippen LogP contribution is -2.33. The number of imide groups is 1. The number of thioether (sulfide) groups is 1. The van der Waals surface area contributed by atoms with Crippen molar-refractivity contribution < 1.29 is 32.7 Å². The molecule has 2 aromatic heterocycles. The predicted molar refractivity (Wildman–Crippen MR) is 148 cm³/mol. The average Bonchev–Trinajstić information content (AvgIpc) is 3.40. The van der Waals surface area contributed by atoms with Gasteiger partial charge in [0.15, 0.2) is 0 Å². The number of nitrogens with zero attached hydrogens (tertiary/aromatic N) is 3. The third kappa shape index (κ3) is 4.86. The van der Waals surface area contributed by atoms with Gasteiger partial charge in [-0.15, -0.1) is 0 Å². The third-order valence-electron chi connectivity index (χ3n) is 6.98. The van der Waals surface area contributed by atoms with Crippen LogP contribution in [0.4, 0.5) is 24.5 Å². The van der Waals surface area contributed by atoms with E-state index in [0.717, 1.165) is 46.2 Å². The first-order valence-electron chi connectivity index (χ1n) is 12.5. The molecule has 3 atom stereocenters. The number of thiazole rings is 1. The average molecular weight is 613 g/mol. The van der Waals surface area contributed by atoms with Crippen LogP contribution >= 0.6 is 23.1 Å². The maximum absolute atomic E-state index is 13.8. The number of alkyl halides is 3. The summed E-state index contributed by atoms with van der Waals surface area (Å²) < 4.78 is 41.5. The number of benzene rings is 2. The maximum Gasteiger partial charge on any atom is 0.416 e. The molecule has 1 fully saturated rings. The molecule has 42 heavy (non-hydrogen) atoms. The van der Waals surface area contributed by atoms with Crippen LogP contribution in [0.15, 0.2) is 82.9 Å². The molecular formula is C28H19F3N4O5S2. The smallest absolute Gasteiger partial charge is 0.416 e. The number of amides is 3. The van der Waals surface area contributed by atoms with Crippen LogP contribution in [0, 0.1) is 5.92 Å². The number of fused-ring (bicyclic) bond motifs is 2. The Bertz CT molecular complexity index is 1770. The maximum atomic E-state index is 13.8. The van der Waals surface area contributed by atoms with Crippen LogP contribution in [-0.4, -0.2) is 37.6 Å². The highest BCUT2D eigenvalue weighted by molar-refractivity contribution is 8.00. The Morgan fingerprint density at radius 1 is 1.02 bits per heavy atom. The summed E-state index contributed by atoms with van der Waals surface area (Å²) in [6.07, 6.45) is -1.64. The molecule has 4 aromatic rings. The number of phenols is 1. The fourth-order valence-corrected chi connectivity index (χ4v) is 7.91. The summed E-state index contributed by atoms with van der Waals surface area (Å²) in [6, 6.07) is 13.1. The fourth-order valence-electron chi connectivity index (χ4n) is 5.14. The number of aromatic hydroxyl groups is 1. The van der Waals surface area contributed by atoms with Gasteiger partial charge >= 0.3 is 11.0 Å². The van der Waals surface area contributed by atoms with E-state index >= 15 is 0 Å². The van der Waals surface area contributed by atoms with Crippen LogP contribution in [0.3, 0.4) is 0 Å². The second-order valence-electron chi connectivity index (χ2n) is 9.61. The van der Waals surface area contributed by atoms with Gasteiger partial charge in [0, 0.05) is 28.9 Å². The van der Waals surface area contributed by atoms with Crippen LogP contribution in [0.5, 0.6) is 5.75 Å². The lowest BCUT2D eigenvalue weighted by Gasteiger charge is -2.30. The second kappa shape index (κ2) is 10.4. The lowest BCUT2D eigenvalue weighted by atomic mass is 9.84. The molecule has 0 unspecified atom stereocenters. The van der Waals surface area contributed by atoms with Crippen molar-refractivity contribution in [1.82, 2.24) is 9.55 Å². The van der Waals surface area contributed by atoms with Gasteiger partial charge in [-0.1, -0.05) is 35.2 Å². The Morgan fingerprint density at radius 3 is 2.48 bits per heavy atom. The number of hydrogen-bond donors (Lipinski definition) is 2. The fraction of sp³-hybridized carbons (Fsp3) is 0.179. The van der Waals surface area contributed by atoms with Gasteiger partial charge < -0.3 is 10.4 Å². The lowest BCUT2D eigenvalue weighted by molar-refractivity contribution is -0.137. The molecule has 2 aromatic carbocycles. The number of phenolic OH excluding ortho intramolecular Hbond substituents is 1. The van der Waals surface area contributed by atoms with E-state index in [0.29, 0.717) is 21.2 Å². The molecule has 0 spiro atoms. The van der Waals surface area contributed by atoms with Crippen LogP contribution in [0.25, 0.3) is 0 Å². The first-order valence-corrected chi connectivity index (χ1v) is 14.2. The zero-order valence-electron chi connectivity index (χ0n) is 21.2. The number of rotatable bonds is 5. The van der Waals surface area contributed by atoms with Gasteiger partial charge in [0.1, 0.15) is 17.5 Å². The summed E-state index contributed by atoms with van der Waals surface area (Å²) in [5.74, 6) is -3.75. The molecular weight excluding hydrogens is 593 g/mol. The van der Waals surface area contributed by atoms with Gasteiger partial charge in [0.2, 0.25) is 17.7 Å². The van der Waals surface area contributed by atoms with E-state index in [-0.39, 0.29) is 11.4 Å². The van der Waals surface area contributed by atoms with Gasteiger partial charge in [-0.25, -0.2) is 4.90 Å². The van der Waals surface area contributed by atoms with E-state index in [1.165, 1.54) is 47.3 Å². The minimum absolute atomic E-state index is 0.0125. The molecule has 9 nitrogen and oxygen atoms in total. The Labute approximate surface area is 243 Å². The minimum Gasteiger partial charge on any atom is -0.508 e. The Hall–Kier alpha value is -4.43. The Balaban J connectivity index is 1.39. The van der Waals surface area contributed by atoms with Gasteiger partial charge in [0.25, 0.3) is 0 Å². The highest BCUT2D eigenvalue weighted by atomic mass is 32.2. The Kier molecular flexibility index (Phi) is 6.89. The van der Waals surface area contributed by atoms with E-state index in [9.17, 15) is 37.5 Å². The summed E-state index contributed by atoms with van der Waals surface area (Å²) >= 11 is 1.79. The summed E-state index contributed by atoms with van der Waals surface area (Å²) in [7, 11) is 0. The molecule has 2 aliphatic heterocycles. The van der Waals surface area contributed by atoms with E-state index in [4.69, 9.17) is 0 Å². The number of aromatic nitrogens is 2. The molecule has 2 aliphatic rings. The van der Waals surface area contributed by atoms with E-state index < -0.39 is 58.0 Å². The van der Waals surface area contributed by atoms with Crippen molar-refractivity contribution in [3.8, 4) is 5.75 Å². The number of carbonyl (C=O) groups excluding carboxylic acids is 3.